The van der Waals surface area contributed by atoms with E-state index in [0.717, 1.165) is 31.0 Å². The van der Waals surface area contributed by atoms with Gasteiger partial charge in [-0.1, -0.05) is 12.1 Å². The maximum Gasteiger partial charge on any atom is 0.237 e. The smallest absolute Gasteiger partial charge is 0.237 e. The summed E-state index contributed by atoms with van der Waals surface area (Å²) in [7, 11) is 0. The number of pyridine rings is 1. The van der Waals surface area contributed by atoms with Gasteiger partial charge in [0.25, 0.3) is 0 Å². The third-order valence-electron chi connectivity index (χ3n) is 3.29. The molecule has 1 N–H and O–H groups in total. The van der Waals surface area contributed by atoms with Crippen molar-refractivity contribution in [1.82, 2.24) is 4.98 Å². The number of nitrogens with one attached hydrogen (secondary N) is 1. The molecule has 1 aliphatic heterocycles. The molecule has 20 heavy (non-hydrogen) atoms. The second-order valence-corrected chi connectivity index (χ2v) is 4.68. The van der Waals surface area contributed by atoms with Gasteiger partial charge in [0.1, 0.15) is 5.75 Å². The number of benzene rings is 1. The number of anilines is 1. The summed E-state index contributed by atoms with van der Waals surface area (Å²) >= 11 is 0. The number of hydrogen-bond acceptors (Lipinski definition) is 4. The zero-order valence-electron chi connectivity index (χ0n) is 11.6. The summed E-state index contributed by atoms with van der Waals surface area (Å²) in [6.45, 7) is 4.11. The predicted octanol–water partition coefficient (Wildman–Crippen LogP) is 3.03. The Morgan fingerprint density at radius 1 is 1.35 bits per heavy atom. The van der Waals surface area contributed by atoms with Gasteiger partial charge in [-0.2, -0.15) is 0 Å². The quantitative estimate of drug-likeness (QED) is 0.907. The Bertz CT molecular complexity index is 599. The van der Waals surface area contributed by atoms with Crippen molar-refractivity contribution in [2.45, 2.75) is 19.9 Å². The Morgan fingerprint density at radius 2 is 2.30 bits per heavy atom. The Hall–Kier alpha value is -2.23. The van der Waals surface area contributed by atoms with Crippen LogP contribution in [0.25, 0.3) is 0 Å². The van der Waals surface area contributed by atoms with Crippen LogP contribution >= 0.6 is 0 Å². The zero-order chi connectivity index (χ0) is 13.8. The topological polar surface area (TPSA) is 43.4 Å². The molecule has 1 aliphatic rings. The monoisotopic (exact) mass is 270 g/mol. The summed E-state index contributed by atoms with van der Waals surface area (Å²) < 4.78 is 11.0. The molecule has 0 aliphatic carbocycles. The van der Waals surface area contributed by atoms with Crippen molar-refractivity contribution in [1.29, 1.82) is 0 Å². The lowest BCUT2D eigenvalue weighted by Gasteiger charge is -2.11. The highest BCUT2D eigenvalue weighted by atomic mass is 16.5. The van der Waals surface area contributed by atoms with E-state index in [-0.39, 0.29) is 0 Å². The minimum Gasteiger partial charge on any atom is -0.493 e. The van der Waals surface area contributed by atoms with Gasteiger partial charge in [0.05, 0.1) is 18.9 Å². The highest BCUT2D eigenvalue weighted by Crippen LogP contribution is 2.27. The molecule has 0 amide bonds. The van der Waals surface area contributed by atoms with Crippen molar-refractivity contribution in [3.8, 4) is 11.6 Å². The summed E-state index contributed by atoms with van der Waals surface area (Å²) in [4.78, 5) is 4.23. The van der Waals surface area contributed by atoms with Gasteiger partial charge in [-0.25, -0.2) is 4.98 Å². The molecule has 0 atom stereocenters. The SMILES string of the molecule is CCOc1ncccc1NCc1ccc2c(c1)CCO2. The van der Waals surface area contributed by atoms with Crippen LogP contribution in [0.15, 0.2) is 36.5 Å². The van der Waals surface area contributed by atoms with Crippen LogP contribution in [-0.4, -0.2) is 18.2 Å². The molecule has 2 heterocycles. The molecule has 1 aromatic heterocycles. The van der Waals surface area contributed by atoms with Gasteiger partial charge in [0, 0.05) is 19.2 Å². The molecular weight excluding hydrogens is 252 g/mol. The second-order valence-electron chi connectivity index (χ2n) is 4.68. The van der Waals surface area contributed by atoms with Gasteiger partial charge < -0.3 is 14.8 Å². The summed E-state index contributed by atoms with van der Waals surface area (Å²) in [5, 5.41) is 3.38. The van der Waals surface area contributed by atoms with E-state index in [0.29, 0.717) is 12.5 Å². The molecule has 2 aromatic rings. The lowest BCUT2D eigenvalue weighted by molar-refractivity contribution is 0.328. The van der Waals surface area contributed by atoms with Gasteiger partial charge >= 0.3 is 0 Å². The highest BCUT2D eigenvalue weighted by Gasteiger charge is 2.12. The average Bonchev–Trinajstić information content (AvgIpc) is 2.94. The maximum absolute atomic E-state index is 5.52. The standard InChI is InChI=1S/C16H18N2O2/c1-2-19-16-14(4-3-8-17-16)18-11-12-5-6-15-13(10-12)7-9-20-15/h3-6,8,10,18H,2,7,9,11H2,1H3. The molecular formula is C16H18N2O2. The molecule has 4 heteroatoms. The molecule has 0 radical (unpaired) electrons. The van der Waals surface area contributed by atoms with E-state index in [1.807, 2.05) is 25.1 Å². The average molecular weight is 270 g/mol. The fraction of sp³-hybridized carbons (Fsp3) is 0.312. The van der Waals surface area contributed by atoms with E-state index < -0.39 is 0 Å². The van der Waals surface area contributed by atoms with Gasteiger partial charge in [-0.3, -0.25) is 0 Å². The first-order chi connectivity index (χ1) is 9.86. The van der Waals surface area contributed by atoms with Crippen LogP contribution in [0, 0.1) is 0 Å². The van der Waals surface area contributed by atoms with Crippen molar-refractivity contribution in [3.63, 3.8) is 0 Å². The van der Waals surface area contributed by atoms with Crippen molar-refractivity contribution < 1.29 is 9.47 Å². The first-order valence-corrected chi connectivity index (χ1v) is 6.93. The number of ether oxygens (including phenoxy) is 2. The fourth-order valence-electron chi connectivity index (χ4n) is 2.32. The molecule has 104 valence electrons. The van der Waals surface area contributed by atoms with Crippen molar-refractivity contribution in [3.05, 3.63) is 47.7 Å². The van der Waals surface area contributed by atoms with E-state index in [2.05, 4.69) is 22.4 Å². The van der Waals surface area contributed by atoms with E-state index in [9.17, 15) is 0 Å². The molecule has 4 nitrogen and oxygen atoms in total. The molecule has 1 aromatic carbocycles. The zero-order valence-corrected chi connectivity index (χ0v) is 11.6. The predicted molar refractivity (Wildman–Crippen MR) is 78.4 cm³/mol. The Balaban J connectivity index is 1.70. The number of nitrogens with zero attached hydrogens (tertiary/aromatic N) is 1. The van der Waals surface area contributed by atoms with Crippen LogP contribution in [0.4, 0.5) is 5.69 Å². The number of rotatable bonds is 5. The number of fused-ring (bicyclic) bond motifs is 1. The van der Waals surface area contributed by atoms with E-state index in [1.165, 1.54) is 11.1 Å². The van der Waals surface area contributed by atoms with Crippen molar-refractivity contribution >= 4 is 5.69 Å². The lowest BCUT2D eigenvalue weighted by Crippen LogP contribution is -2.04. The Morgan fingerprint density at radius 3 is 3.20 bits per heavy atom. The van der Waals surface area contributed by atoms with Gasteiger partial charge in [0.2, 0.25) is 5.88 Å². The van der Waals surface area contributed by atoms with Gasteiger partial charge in [-0.15, -0.1) is 0 Å². The van der Waals surface area contributed by atoms with Crippen LogP contribution in [0.2, 0.25) is 0 Å². The van der Waals surface area contributed by atoms with Crippen molar-refractivity contribution in [2.24, 2.45) is 0 Å². The summed E-state index contributed by atoms with van der Waals surface area (Å²) in [6.07, 6.45) is 2.74. The lowest BCUT2D eigenvalue weighted by atomic mass is 10.1. The maximum atomic E-state index is 5.52. The van der Waals surface area contributed by atoms with Crippen LogP contribution in [0.3, 0.4) is 0 Å². The Labute approximate surface area is 118 Å². The van der Waals surface area contributed by atoms with Crippen LogP contribution < -0.4 is 14.8 Å². The van der Waals surface area contributed by atoms with Gasteiger partial charge in [0.15, 0.2) is 0 Å². The normalized spacial score (nSPS) is 12.7. The largest absolute Gasteiger partial charge is 0.493 e. The third-order valence-corrected chi connectivity index (χ3v) is 3.29. The fourth-order valence-corrected chi connectivity index (χ4v) is 2.32. The number of hydrogen-bond donors (Lipinski definition) is 1. The van der Waals surface area contributed by atoms with E-state index in [4.69, 9.17) is 9.47 Å². The molecule has 0 bridgehead atoms. The Kier molecular flexibility index (Phi) is 3.72. The third kappa shape index (κ3) is 2.69. The minimum atomic E-state index is 0.613. The second kappa shape index (κ2) is 5.82. The van der Waals surface area contributed by atoms with E-state index >= 15 is 0 Å². The molecule has 0 saturated carbocycles. The van der Waals surface area contributed by atoms with E-state index in [1.54, 1.807) is 6.20 Å². The molecule has 0 saturated heterocycles. The first kappa shape index (κ1) is 12.8. The first-order valence-electron chi connectivity index (χ1n) is 6.93. The molecule has 0 fully saturated rings. The van der Waals surface area contributed by atoms with Crippen LogP contribution in [0.1, 0.15) is 18.1 Å². The molecule has 0 unspecified atom stereocenters. The summed E-state index contributed by atoms with van der Waals surface area (Å²) in [5.74, 6) is 1.67. The minimum absolute atomic E-state index is 0.613. The summed E-state index contributed by atoms with van der Waals surface area (Å²) in [5.41, 5.74) is 3.45. The highest BCUT2D eigenvalue weighted by molar-refractivity contribution is 5.52. The molecule has 3 rings (SSSR count). The van der Waals surface area contributed by atoms with Gasteiger partial charge in [-0.05, 0) is 36.2 Å². The van der Waals surface area contributed by atoms with Crippen molar-refractivity contribution in [2.75, 3.05) is 18.5 Å². The number of aromatic nitrogens is 1. The molecule has 0 spiro atoms. The summed E-state index contributed by atoms with van der Waals surface area (Å²) in [6, 6.07) is 10.2. The van der Waals surface area contributed by atoms with Crippen LogP contribution in [-0.2, 0) is 13.0 Å². The van der Waals surface area contributed by atoms with Crippen LogP contribution in [0.5, 0.6) is 11.6 Å².